The summed E-state index contributed by atoms with van der Waals surface area (Å²) in [5, 5.41) is 5.50. The standard InChI is InChI=1S/C15H20N2O5S/c18-15(17-8-12-4-6-23(19,20)9-12)16-5-3-11-1-2-13-14(7-11)22-10-21-13/h1-2,7,12H,3-6,8-10H2,(H2,16,17,18). The lowest BCUT2D eigenvalue weighted by molar-refractivity contribution is 0.174. The summed E-state index contributed by atoms with van der Waals surface area (Å²) >= 11 is 0. The van der Waals surface area contributed by atoms with Crippen molar-refractivity contribution in [2.75, 3.05) is 31.4 Å². The fourth-order valence-electron chi connectivity index (χ4n) is 2.75. The average Bonchev–Trinajstić information content (AvgIpc) is 3.10. The molecule has 8 heteroatoms. The lowest BCUT2D eigenvalue weighted by atomic mass is 10.1. The first-order valence-corrected chi connectivity index (χ1v) is 9.45. The number of ether oxygens (including phenoxy) is 2. The Bertz CT molecular complexity index is 689. The molecule has 2 heterocycles. The molecule has 126 valence electrons. The predicted molar refractivity (Wildman–Crippen MR) is 84.4 cm³/mol. The van der Waals surface area contributed by atoms with Crippen LogP contribution in [0.3, 0.4) is 0 Å². The Morgan fingerprint density at radius 1 is 1.22 bits per heavy atom. The second-order valence-corrected chi connectivity index (χ2v) is 8.07. The molecule has 1 aromatic rings. The Kier molecular flexibility index (Phi) is 4.61. The summed E-state index contributed by atoms with van der Waals surface area (Å²) in [5.41, 5.74) is 1.05. The molecule has 3 rings (SSSR count). The minimum absolute atomic E-state index is 0.0274. The molecule has 2 aliphatic rings. The number of carbonyl (C=O) groups excluding carboxylic acids is 1. The molecule has 1 aromatic carbocycles. The predicted octanol–water partition coefficient (Wildman–Crippen LogP) is 0.692. The molecule has 1 atom stereocenters. The van der Waals surface area contributed by atoms with Crippen LogP contribution in [-0.4, -0.2) is 45.8 Å². The van der Waals surface area contributed by atoms with Gasteiger partial charge in [-0.1, -0.05) is 6.07 Å². The molecule has 0 spiro atoms. The number of nitrogens with one attached hydrogen (secondary N) is 2. The summed E-state index contributed by atoms with van der Waals surface area (Å²) in [6.07, 6.45) is 1.31. The minimum atomic E-state index is -2.90. The number of hydrogen-bond acceptors (Lipinski definition) is 5. The van der Waals surface area contributed by atoms with E-state index in [1.54, 1.807) is 0 Å². The average molecular weight is 340 g/mol. The number of sulfone groups is 1. The highest BCUT2D eigenvalue weighted by atomic mass is 32.2. The number of hydrogen-bond donors (Lipinski definition) is 2. The van der Waals surface area contributed by atoms with Crippen LogP contribution in [0.4, 0.5) is 4.79 Å². The van der Waals surface area contributed by atoms with Gasteiger partial charge in [0.15, 0.2) is 21.3 Å². The quantitative estimate of drug-likeness (QED) is 0.823. The molecule has 0 radical (unpaired) electrons. The van der Waals surface area contributed by atoms with Gasteiger partial charge < -0.3 is 20.1 Å². The van der Waals surface area contributed by atoms with E-state index in [0.717, 1.165) is 17.1 Å². The van der Waals surface area contributed by atoms with Crippen molar-refractivity contribution in [3.63, 3.8) is 0 Å². The van der Waals surface area contributed by atoms with E-state index < -0.39 is 9.84 Å². The van der Waals surface area contributed by atoms with Gasteiger partial charge in [0.2, 0.25) is 6.79 Å². The second-order valence-electron chi connectivity index (χ2n) is 5.84. The lowest BCUT2D eigenvalue weighted by Gasteiger charge is -2.11. The van der Waals surface area contributed by atoms with Crippen LogP contribution in [0.15, 0.2) is 18.2 Å². The number of urea groups is 1. The SMILES string of the molecule is O=C(NCCc1ccc2c(c1)OCO2)NCC1CCS(=O)(=O)C1. The van der Waals surface area contributed by atoms with Gasteiger partial charge in [-0.25, -0.2) is 13.2 Å². The summed E-state index contributed by atoms with van der Waals surface area (Å²) in [6, 6.07) is 5.44. The lowest BCUT2D eigenvalue weighted by Crippen LogP contribution is -2.39. The monoisotopic (exact) mass is 340 g/mol. The minimum Gasteiger partial charge on any atom is -0.454 e. The molecule has 2 amide bonds. The third-order valence-electron chi connectivity index (χ3n) is 4.01. The van der Waals surface area contributed by atoms with E-state index in [9.17, 15) is 13.2 Å². The van der Waals surface area contributed by atoms with E-state index in [4.69, 9.17) is 9.47 Å². The fraction of sp³-hybridized carbons (Fsp3) is 0.533. The highest BCUT2D eigenvalue weighted by Crippen LogP contribution is 2.32. The number of benzene rings is 1. The molecule has 2 N–H and O–H groups in total. The zero-order valence-corrected chi connectivity index (χ0v) is 13.5. The van der Waals surface area contributed by atoms with E-state index >= 15 is 0 Å². The van der Waals surface area contributed by atoms with Gasteiger partial charge in [-0.05, 0) is 36.5 Å². The third kappa shape index (κ3) is 4.28. The van der Waals surface area contributed by atoms with Gasteiger partial charge in [-0.15, -0.1) is 0 Å². The van der Waals surface area contributed by atoms with E-state index in [0.29, 0.717) is 25.9 Å². The van der Waals surface area contributed by atoms with Gasteiger partial charge in [0, 0.05) is 13.1 Å². The van der Waals surface area contributed by atoms with Gasteiger partial charge >= 0.3 is 6.03 Å². The first kappa shape index (κ1) is 15.9. The molecule has 2 aliphatic heterocycles. The van der Waals surface area contributed by atoms with E-state index in [1.807, 2.05) is 18.2 Å². The Morgan fingerprint density at radius 2 is 2.04 bits per heavy atom. The summed E-state index contributed by atoms with van der Waals surface area (Å²) in [7, 11) is -2.90. The topological polar surface area (TPSA) is 93.7 Å². The van der Waals surface area contributed by atoms with Crippen molar-refractivity contribution in [1.29, 1.82) is 0 Å². The molecule has 1 fully saturated rings. The van der Waals surface area contributed by atoms with Gasteiger partial charge in [0.25, 0.3) is 0 Å². The van der Waals surface area contributed by atoms with Gasteiger partial charge in [-0.3, -0.25) is 0 Å². The Balaban J connectivity index is 1.36. The summed E-state index contributed by atoms with van der Waals surface area (Å²) in [4.78, 5) is 11.7. The number of carbonyl (C=O) groups is 1. The molecule has 1 unspecified atom stereocenters. The van der Waals surface area contributed by atoms with Crippen LogP contribution < -0.4 is 20.1 Å². The highest BCUT2D eigenvalue weighted by Gasteiger charge is 2.27. The maximum absolute atomic E-state index is 11.7. The largest absolute Gasteiger partial charge is 0.454 e. The summed E-state index contributed by atoms with van der Waals surface area (Å²) < 4.78 is 33.3. The van der Waals surface area contributed by atoms with Crippen LogP contribution in [-0.2, 0) is 16.3 Å². The van der Waals surface area contributed by atoms with Gasteiger partial charge in [0.05, 0.1) is 11.5 Å². The molecule has 7 nitrogen and oxygen atoms in total. The molecule has 0 aromatic heterocycles. The van der Waals surface area contributed by atoms with Gasteiger partial charge in [0.1, 0.15) is 0 Å². The second kappa shape index (κ2) is 6.66. The number of fused-ring (bicyclic) bond motifs is 1. The molecule has 0 bridgehead atoms. The van der Waals surface area contributed by atoms with Crippen molar-refractivity contribution in [2.45, 2.75) is 12.8 Å². The van der Waals surface area contributed by atoms with Crippen molar-refractivity contribution < 1.29 is 22.7 Å². The van der Waals surface area contributed by atoms with Crippen molar-refractivity contribution in [3.05, 3.63) is 23.8 Å². The Hall–Kier alpha value is -1.96. The molecular weight excluding hydrogens is 320 g/mol. The zero-order chi connectivity index (χ0) is 16.3. The fourth-order valence-corrected chi connectivity index (χ4v) is 4.61. The van der Waals surface area contributed by atoms with Crippen LogP contribution in [0.2, 0.25) is 0 Å². The molecule has 0 aliphatic carbocycles. The van der Waals surface area contributed by atoms with E-state index in [1.165, 1.54) is 0 Å². The molecule has 0 saturated carbocycles. The smallest absolute Gasteiger partial charge is 0.314 e. The van der Waals surface area contributed by atoms with Crippen molar-refractivity contribution in [1.82, 2.24) is 10.6 Å². The Morgan fingerprint density at radius 3 is 2.83 bits per heavy atom. The third-order valence-corrected chi connectivity index (χ3v) is 5.85. The highest BCUT2D eigenvalue weighted by molar-refractivity contribution is 7.91. The molecule has 1 saturated heterocycles. The van der Waals surface area contributed by atoms with Crippen molar-refractivity contribution in [3.8, 4) is 11.5 Å². The van der Waals surface area contributed by atoms with Crippen LogP contribution in [0.5, 0.6) is 11.5 Å². The zero-order valence-electron chi connectivity index (χ0n) is 12.7. The summed E-state index contributed by atoms with van der Waals surface area (Å²) in [5.74, 6) is 1.90. The maximum Gasteiger partial charge on any atom is 0.314 e. The van der Waals surface area contributed by atoms with Crippen LogP contribution >= 0.6 is 0 Å². The van der Waals surface area contributed by atoms with E-state index in [-0.39, 0.29) is 30.2 Å². The van der Waals surface area contributed by atoms with Crippen LogP contribution in [0.25, 0.3) is 0 Å². The molecule has 23 heavy (non-hydrogen) atoms. The van der Waals surface area contributed by atoms with Crippen molar-refractivity contribution in [2.24, 2.45) is 5.92 Å². The number of amides is 2. The number of rotatable bonds is 5. The van der Waals surface area contributed by atoms with E-state index in [2.05, 4.69) is 10.6 Å². The molecular formula is C15H20N2O5S. The van der Waals surface area contributed by atoms with Crippen molar-refractivity contribution >= 4 is 15.9 Å². The van der Waals surface area contributed by atoms with Gasteiger partial charge in [-0.2, -0.15) is 0 Å². The normalized spacial score (nSPS) is 21.1. The van der Waals surface area contributed by atoms with Crippen LogP contribution in [0.1, 0.15) is 12.0 Å². The van der Waals surface area contributed by atoms with Crippen LogP contribution in [0, 0.1) is 5.92 Å². The Labute approximate surface area is 135 Å². The first-order valence-electron chi connectivity index (χ1n) is 7.62. The maximum atomic E-state index is 11.7. The first-order chi connectivity index (χ1) is 11.0. The summed E-state index contributed by atoms with van der Waals surface area (Å²) in [6.45, 7) is 1.14.